The molecule has 1 spiro atoms. The SMILES string of the molecule is CCC(N)C(=O)C1CCOC2(CCCCC2)C1. The summed E-state index contributed by atoms with van der Waals surface area (Å²) in [5.41, 5.74) is 5.89. The molecule has 17 heavy (non-hydrogen) atoms. The van der Waals surface area contributed by atoms with E-state index in [1.165, 1.54) is 19.3 Å². The number of carbonyl (C=O) groups excluding carboxylic acids is 1. The van der Waals surface area contributed by atoms with Crippen molar-refractivity contribution in [3.05, 3.63) is 0 Å². The van der Waals surface area contributed by atoms with E-state index in [4.69, 9.17) is 10.5 Å². The molecule has 1 aliphatic carbocycles. The quantitative estimate of drug-likeness (QED) is 0.823. The first-order chi connectivity index (χ1) is 8.17. The van der Waals surface area contributed by atoms with Gasteiger partial charge in [0, 0.05) is 12.5 Å². The highest BCUT2D eigenvalue weighted by Crippen LogP contribution is 2.41. The Bertz CT molecular complexity index is 266. The molecule has 0 radical (unpaired) electrons. The van der Waals surface area contributed by atoms with Gasteiger partial charge < -0.3 is 10.5 Å². The first-order valence-electron chi connectivity index (χ1n) is 7.10. The van der Waals surface area contributed by atoms with E-state index >= 15 is 0 Å². The van der Waals surface area contributed by atoms with Crippen molar-refractivity contribution < 1.29 is 9.53 Å². The van der Waals surface area contributed by atoms with Gasteiger partial charge in [0.05, 0.1) is 11.6 Å². The first kappa shape index (κ1) is 13.0. The summed E-state index contributed by atoms with van der Waals surface area (Å²) in [6.07, 6.45) is 8.63. The van der Waals surface area contributed by atoms with Crippen LogP contribution in [0.25, 0.3) is 0 Å². The maximum Gasteiger partial charge on any atom is 0.152 e. The van der Waals surface area contributed by atoms with Crippen LogP contribution in [0.4, 0.5) is 0 Å². The third-order valence-electron chi connectivity index (χ3n) is 4.47. The van der Waals surface area contributed by atoms with Crippen LogP contribution in [0.5, 0.6) is 0 Å². The van der Waals surface area contributed by atoms with Gasteiger partial charge in [0.25, 0.3) is 0 Å². The van der Waals surface area contributed by atoms with E-state index in [1.807, 2.05) is 6.92 Å². The first-order valence-corrected chi connectivity index (χ1v) is 7.10. The van der Waals surface area contributed by atoms with Crippen molar-refractivity contribution in [3.8, 4) is 0 Å². The smallest absolute Gasteiger partial charge is 0.152 e. The van der Waals surface area contributed by atoms with Crippen molar-refractivity contribution in [2.24, 2.45) is 11.7 Å². The molecule has 0 amide bonds. The normalized spacial score (nSPS) is 30.1. The average Bonchev–Trinajstić information content (AvgIpc) is 2.38. The number of ether oxygens (including phenoxy) is 1. The maximum atomic E-state index is 12.2. The lowest BCUT2D eigenvalue weighted by atomic mass is 9.74. The van der Waals surface area contributed by atoms with Gasteiger partial charge in [0.2, 0.25) is 0 Å². The number of carbonyl (C=O) groups is 1. The lowest BCUT2D eigenvalue weighted by Gasteiger charge is -2.43. The van der Waals surface area contributed by atoms with E-state index in [0.717, 1.165) is 38.7 Å². The van der Waals surface area contributed by atoms with Crippen LogP contribution in [-0.4, -0.2) is 24.0 Å². The molecule has 3 heteroatoms. The molecular formula is C14H25NO2. The molecule has 0 aromatic heterocycles. The number of Topliss-reactive ketones (excluding diaryl/α,β-unsaturated/α-hetero) is 1. The fraction of sp³-hybridized carbons (Fsp3) is 0.929. The van der Waals surface area contributed by atoms with E-state index in [-0.39, 0.29) is 23.3 Å². The summed E-state index contributed by atoms with van der Waals surface area (Å²) in [6, 6.07) is -0.265. The molecular weight excluding hydrogens is 214 g/mol. The second kappa shape index (κ2) is 5.49. The summed E-state index contributed by atoms with van der Waals surface area (Å²) in [5, 5.41) is 0. The van der Waals surface area contributed by atoms with Crippen LogP contribution in [-0.2, 0) is 9.53 Å². The summed E-state index contributed by atoms with van der Waals surface area (Å²) >= 11 is 0. The fourth-order valence-electron chi connectivity index (χ4n) is 3.32. The standard InChI is InChI=1S/C14H25NO2/c1-2-12(15)13(16)11-6-9-17-14(10-11)7-4-3-5-8-14/h11-12H,2-10,15H2,1H3. The minimum atomic E-state index is -0.265. The van der Waals surface area contributed by atoms with E-state index in [2.05, 4.69) is 0 Å². The number of ketones is 1. The number of hydrogen-bond donors (Lipinski definition) is 1. The van der Waals surface area contributed by atoms with Gasteiger partial charge in [-0.3, -0.25) is 4.79 Å². The van der Waals surface area contributed by atoms with Gasteiger partial charge in [-0.15, -0.1) is 0 Å². The highest BCUT2D eigenvalue weighted by Gasteiger charge is 2.41. The molecule has 0 bridgehead atoms. The Labute approximate surface area is 104 Å². The Balaban J connectivity index is 1.98. The molecule has 2 N–H and O–H groups in total. The van der Waals surface area contributed by atoms with Gasteiger partial charge in [0.15, 0.2) is 5.78 Å². The second-order valence-corrected chi connectivity index (χ2v) is 5.70. The predicted molar refractivity (Wildman–Crippen MR) is 67.8 cm³/mol. The minimum absolute atomic E-state index is 0.0181. The molecule has 2 aliphatic rings. The van der Waals surface area contributed by atoms with Crippen LogP contribution in [0.3, 0.4) is 0 Å². The molecule has 0 aromatic carbocycles. The van der Waals surface area contributed by atoms with Gasteiger partial charge in [-0.2, -0.15) is 0 Å². The van der Waals surface area contributed by atoms with Gasteiger partial charge in [-0.1, -0.05) is 26.2 Å². The summed E-state index contributed by atoms with van der Waals surface area (Å²) in [5.74, 6) is 0.414. The van der Waals surface area contributed by atoms with Crippen LogP contribution < -0.4 is 5.73 Å². The summed E-state index contributed by atoms with van der Waals surface area (Å²) in [7, 11) is 0. The third-order valence-corrected chi connectivity index (χ3v) is 4.47. The Morgan fingerprint density at radius 3 is 2.76 bits per heavy atom. The average molecular weight is 239 g/mol. The summed E-state index contributed by atoms with van der Waals surface area (Å²) in [6.45, 7) is 2.73. The van der Waals surface area contributed by atoms with Gasteiger partial charge in [-0.25, -0.2) is 0 Å². The van der Waals surface area contributed by atoms with E-state index in [1.54, 1.807) is 0 Å². The Morgan fingerprint density at radius 1 is 1.41 bits per heavy atom. The minimum Gasteiger partial charge on any atom is -0.375 e. The second-order valence-electron chi connectivity index (χ2n) is 5.70. The molecule has 2 unspecified atom stereocenters. The summed E-state index contributed by atoms with van der Waals surface area (Å²) in [4.78, 5) is 12.2. The van der Waals surface area contributed by atoms with E-state index in [0.29, 0.717) is 0 Å². The largest absolute Gasteiger partial charge is 0.375 e. The molecule has 98 valence electrons. The molecule has 1 saturated heterocycles. The third kappa shape index (κ3) is 2.89. The van der Waals surface area contributed by atoms with Crippen molar-refractivity contribution in [2.75, 3.05) is 6.61 Å². The molecule has 2 atom stereocenters. The van der Waals surface area contributed by atoms with Crippen molar-refractivity contribution >= 4 is 5.78 Å². The molecule has 0 aromatic rings. The fourth-order valence-corrected chi connectivity index (χ4v) is 3.32. The van der Waals surface area contributed by atoms with Crippen LogP contribution in [0.15, 0.2) is 0 Å². The highest BCUT2D eigenvalue weighted by atomic mass is 16.5. The Hall–Kier alpha value is -0.410. The zero-order valence-electron chi connectivity index (χ0n) is 10.9. The molecule has 1 aliphatic heterocycles. The molecule has 2 fully saturated rings. The molecule has 1 saturated carbocycles. The van der Waals surface area contributed by atoms with Crippen molar-refractivity contribution in [3.63, 3.8) is 0 Å². The predicted octanol–water partition coefficient (Wildman–Crippen LogP) is 2.42. The molecule has 3 nitrogen and oxygen atoms in total. The van der Waals surface area contributed by atoms with Crippen molar-refractivity contribution in [1.82, 2.24) is 0 Å². The van der Waals surface area contributed by atoms with Crippen molar-refractivity contribution in [2.45, 2.75) is 69.9 Å². The van der Waals surface area contributed by atoms with E-state index < -0.39 is 0 Å². The van der Waals surface area contributed by atoms with Gasteiger partial charge in [-0.05, 0) is 32.1 Å². The maximum absolute atomic E-state index is 12.2. The lowest BCUT2D eigenvalue weighted by Crippen LogP contribution is -2.46. The Morgan fingerprint density at radius 2 is 2.12 bits per heavy atom. The zero-order chi connectivity index (χ0) is 12.3. The number of rotatable bonds is 3. The summed E-state index contributed by atoms with van der Waals surface area (Å²) < 4.78 is 6.01. The van der Waals surface area contributed by atoms with Crippen LogP contribution in [0, 0.1) is 5.92 Å². The van der Waals surface area contributed by atoms with Crippen LogP contribution in [0.2, 0.25) is 0 Å². The highest BCUT2D eigenvalue weighted by molar-refractivity contribution is 5.86. The van der Waals surface area contributed by atoms with Crippen LogP contribution >= 0.6 is 0 Å². The van der Waals surface area contributed by atoms with Crippen molar-refractivity contribution in [1.29, 1.82) is 0 Å². The van der Waals surface area contributed by atoms with Gasteiger partial charge >= 0.3 is 0 Å². The van der Waals surface area contributed by atoms with E-state index in [9.17, 15) is 4.79 Å². The monoisotopic (exact) mass is 239 g/mol. The molecule has 2 rings (SSSR count). The zero-order valence-corrected chi connectivity index (χ0v) is 10.9. The van der Waals surface area contributed by atoms with Crippen LogP contribution in [0.1, 0.15) is 58.3 Å². The number of hydrogen-bond acceptors (Lipinski definition) is 3. The Kier molecular flexibility index (Phi) is 4.21. The lowest BCUT2D eigenvalue weighted by molar-refractivity contribution is -0.143. The molecule has 1 heterocycles. The topological polar surface area (TPSA) is 52.3 Å². The van der Waals surface area contributed by atoms with Gasteiger partial charge in [0.1, 0.15) is 0 Å². The number of nitrogens with two attached hydrogens (primary N) is 1.